The lowest BCUT2D eigenvalue weighted by atomic mass is 10.2. The van der Waals surface area contributed by atoms with Crippen LogP contribution in [0.15, 0.2) is 24.4 Å². The number of hydrogen-bond donors (Lipinski definition) is 1. The summed E-state index contributed by atoms with van der Waals surface area (Å²) < 4.78 is 0.989. The van der Waals surface area contributed by atoms with E-state index in [4.69, 9.17) is 23.2 Å². The normalized spacial score (nSPS) is 10.5. The van der Waals surface area contributed by atoms with Gasteiger partial charge in [-0.3, -0.25) is 0 Å². The monoisotopic (exact) mass is 407 g/mol. The number of rotatable bonds is 4. The molecule has 0 atom stereocenters. The minimum absolute atomic E-state index is 0.577. The molecule has 0 radical (unpaired) electrons. The number of hydrogen-bond acceptors (Lipinski definition) is 3. The molecular formula is C13H12Cl2IN3. The zero-order chi connectivity index (χ0) is 13.8. The summed E-state index contributed by atoms with van der Waals surface area (Å²) in [4.78, 5) is 8.84. The summed E-state index contributed by atoms with van der Waals surface area (Å²) in [7, 11) is 0. The molecule has 19 heavy (non-hydrogen) atoms. The molecule has 0 spiro atoms. The first-order chi connectivity index (χ1) is 9.10. The van der Waals surface area contributed by atoms with E-state index in [9.17, 15) is 0 Å². The van der Waals surface area contributed by atoms with Crippen molar-refractivity contribution >= 4 is 51.6 Å². The zero-order valence-corrected chi connectivity index (χ0v) is 13.9. The number of nitrogens with one attached hydrogen (secondary N) is 1. The Balaban J connectivity index is 2.39. The molecule has 0 bridgehead atoms. The molecule has 0 aliphatic rings. The van der Waals surface area contributed by atoms with Gasteiger partial charge in [-0.2, -0.15) is 0 Å². The van der Waals surface area contributed by atoms with Crippen molar-refractivity contribution < 1.29 is 0 Å². The maximum absolute atomic E-state index is 6.00. The largest absolute Gasteiger partial charge is 0.369 e. The van der Waals surface area contributed by atoms with Gasteiger partial charge < -0.3 is 5.32 Å². The van der Waals surface area contributed by atoms with Crippen LogP contribution in [0.3, 0.4) is 0 Å². The van der Waals surface area contributed by atoms with Crippen LogP contribution in [0, 0.1) is 3.57 Å². The predicted octanol–water partition coefficient (Wildman–Crippen LogP) is 4.88. The average Bonchev–Trinajstić information content (AvgIpc) is 2.36. The van der Waals surface area contributed by atoms with E-state index >= 15 is 0 Å². The molecule has 1 heterocycles. The predicted molar refractivity (Wildman–Crippen MR) is 89.0 cm³/mol. The van der Waals surface area contributed by atoms with E-state index in [2.05, 4.69) is 44.8 Å². The van der Waals surface area contributed by atoms with Crippen LogP contribution in [0.5, 0.6) is 0 Å². The van der Waals surface area contributed by atoms with Crippen LogP contribution in [0.1, 0.15) is 13.3 Å². The second kappa shape index (κ2) is 6.72. The highest BCUT2D eigenvalue weighted by Gasteiger charge is 2.08. The van der Waals surface area contributed by atoms with Crippen molar-refractivity contribution in [3.8, 4) is 11.4 Å². The lowest BCUT2D eigenvalue weighted by Crippen LogP contribution is -2.05. The Morgan fingerprint density at radius 2 is 1.89 bits per heavy atom. The van der Waals surface area contributed by atoms with Gasteiger partial charge in [-0.1, -0.05) is 30.1 Å². The van der Waals surface area contributed by atoms with Gasteiger partial charge in [0.2, 0.25) is 0 Å². The van der Waals surface area contributed by atoms with Crippen LogP contribution in [0.4, 0.5) is 5.82 Å². The summed E-state index contributed by atoms with van der Waals surface area (Å²) in [5.41, 5.74) is 0.813. The number of halogens is 3. The van der Waals surface area contributed by atoms with Crippen molar-refractivity contribution in [2.45, 2.75) is 13.3 Å². The van der Waals surface area contributed by atoms with Crippen LogP contribution in [0.2, 0.25) is 10.0 Å². The summed E-state index contributed by atoms with van der Waals surface area (Å²) in [6, 6.07) is 5.30. The maximum Gasteiger partial charge on any atom is 0.161 e. The van der Waals surface area contributed by atoms with E-state index in [1.165, 1.54) is 0 Å². The smallest absolute Gasteiger partial charge is 0.161 e. The van der Waals surface area contributed by atoms with Gasteiger partial charge in [-0.15, -0.1) is 0 Å². The molecule has 0 fully saturated rings. The summed E-state index contributed by atoms with van der Waals surface area (Å²) in [5.74, 6) is 1.45. The van der Waals surface area contributed by atoms with Gasteiger partial charge in [0.1, 0.15) is 5.82 Å². The van der Waals surface area contributed by atoms with Crippen molar-refractivity contribution in [3.05, 3.63) is 38.0 Å². The van der Waals surface area contributed by atoms with Gasteiger partial charge in [0.15, 0.2) is 5.82 Å². The van der Waals surface area contributed by atoms with E-state index in [1.54, 1.807) is 24.4 Å². The minimum Gasteiger partial charge on any atom is -0.369 e. The van der Waals surface area contributed by atoms with Crippen LogP contribution in [0.25, 0.3) is 11.4 Å². The van der Waals surface area contributed by atoms with Crippen molar-refractivity contribution in [1.82, 2.24) is 9.97 Å². The molecule has 0 aliphatic carbocycles. The molecule has 3 nitrogen and oxygen atoms in total. The lowest BCUT2D eigenvalue weighted by Gasteiger charge is -2.08. The van der Waals surface area contributed by atoms with Crippen LogP contribution in [-0.4, -0.2) is 16.5 Å². The van der Waals surface area contributed by atoms with Crippen LogP contribution < -0.4 is 5.32 Å². The molecule has 2 aromatic rings. The number of nitrogens with zero attached hydrogens (tertiary/aromatic N) is 2. The van der Waals surface area contributed by atoms with Gasteiger partial charge in [0.25, 0.3) is 0 Å². The van der Waals surface area contributed by atoms with Gasteiger partial charge in [-0.25, -0.2) is 9.97 Å². The fraction of sp³-hybridized carbons (Fsp3) is 0.231. The van der Waals surface area contributed by atoms with Crippen LogP contribution >= 0.6 is 45.8 Å². The molecule has 0 saturated carbocycles. The number of anilines is 1. The Hall–Kier alpha value is -0.590. The molecule has 100 valence electrons. The van der Waals surface area contributed by atoms with E-state index in [0.717, 1.165) is 27.9 Å². The lowest BCUT2D eigenvalue weighted by molar-refractivity contribution is 0.963. The Morgan fingerprint density at radius 3 is 2.53 bits per heavy atom. The Morgan fingerprint density at radius 1 is 1.21 bits per heavy atom. The van der Waals surface area contributed by atoms with E-state index in [-0.39, 0.29) is 0 Å². The SMILES string of the molecule is CCCNc1nc(-c2cc(Cl)cc(Cl)c2)ncc1I. The Bertz CT molecular complexity index is 570. The first-order valence-corrected chi connectivity index (χ1v) is 7.66. The summed E-state index contributed by atoms with van der Waals surface area (Å²) in [5, 5.41) is 4.43. The third kappa shape index (κ3) is 3.94. The summed E-state index contributed by atoms with van der Waals surface area (Å²) in [6.45, 7) is 2.99. The maximum atomic E-state index is 6.00. The number of benzene rings is 1. The van der Waals surface area contributed by atoms with Crippen molar-refractivity contribution in [1.29, 1.82) is 0 Å². The molecule has 0 amide bonds. The molecule has 0 saturated heterocycles. The standard InChI is InChI=1S/C13H12Cl2IN3/c1-2-3-17-13-11(16)7-18-12(19-13)8-4-9(14)6-10(15)5-8/h4-7H,2-3H2,1H3,(H,17,18,19). The van der Waals surface area contributed by atoms with Crippen molar-refractivity contribution in [2.75, 3.05) is 11.9 Å². The fourth-order valence-electron chi connectivity index (χ4n) is 1.56. The summed E-state index contributed by atoms with van der Waals surface area (Å²) in [6.07, 6.45) is 2.83. The highest BCUT2D eigenvalue weighted by molar-refractivity contribution is 14.1. The topological polar surface area (TPSA) is 37.8 Å². The van der Waals surface area contributed by atoms with Crippen molar-refractivity contribution in [2.24, 2.45) is 0 Å². The number of aromatic nitrogens is 2. The quantitative estimate of drug-likeness (QED) is 0.734. The molecule has 0 aliphatic heterocycles. The van der Waals surface area contributed by atoms with Crippen LogP contribution in [-0.2, 0) is 0 Å². The van der Waals surface area contributed by atoms with Gasteiger partial charge in [0.05, 0.1) is 3.57 Å². The summed E-state index contributed by atoms with van der Waals surface area (Å²) >= 11 is 14.2. The molecular weight excluding hydrogens is 396 g/mol. The van der Waals surface area contributed by atoms with Gasteiger partial charge >= 0.3 is 0 Å². The Labute approximate surface area is 135 Å². The molecule has 2 rings (SSSR count). The highest BCUT2D eigenvalue weighted by atomic mass is 127. The second-order valence-corrected chi connectivity index (χ2v) is 6.01. The third-order valence-corrected chi connectivity index (χ3v) is 3.63. The third-order valence-electron chi connectivity index (χ3n) is 2.41. The van der Waals surface area contributed by atoms with E-state index < -0.39 is 0 Å². The average molecular weight is 408 g/mol. The van der Waals surface area contributed by atoms with Gasteiger partial charge in [0, 0.05) is 28.4 Å². The second-order valence-electron chi connectivity index (χ2n) is 3.98. The molecule has 1 aromatic carbocycles. The van der Waals surface area contributed by atoms with Crippen molar-refractivity contribution in [3.63, 3.8) is 0 Å². The van der Waals surface area contributed by atoms with E-state index in [0.29, 0.717) is 15.9 Å². The minimum atomic E-state index is 0.577. The fourth-order valence-corrected chi connectivity index (χ4v) is 2.53. The first kappa shape index (κ1) is 14.8. The molecule has 0 unspecified atom stereocenters. The highest BCUT2D eigenvalue weighted by Crippen LogP contribution is 2.26. The van der Waals surface area contributed by atoms with E-state index in [1.807, 2.05) is 0 Å². The zero-order valence-electron chi connectivity index (χ0n) is 10.3. The molecule has 1 aromatic heterocycles. The first-order valence-electron chi connectivity index (χ1n) is 5.83. The van der Waals surface area contributed by atoms with Gasteiger partial charge in [-0.05, 0) is 47.2 Å². The molecule has 6 heteroatoms. The Kier molecular flexibility index (Phi) is 5.24. The molecule has 1 N–H and O–H groups in total.